The first-order valence-corrected chi connectivity index (χ1v) is 13.3. The summed E-state index contributed by atoms with van der Waals surface area (Å²) in [6, 6.07) is 11.7. The second-order valence-corrected chi connectivity index (χ2v) is 11.0. The topological polar surface area (TPSA) is 138 Å². The molecule has 3 heterocycles. The van der Waals surface area contributed by atoms with Gasteiger partial charge in [0.1, 0.15) is 18.1 Å². The smallest absolute Gasteiger partial charge is 0.374 e. The molecule has 0 aliphatic carbocycles. The molecule has 3 N–H and O–H groups in total. The molecule has 2 aliphatic rings. The maximum atomic E-state index is 13.9. The molecule has 2 atom stereocenters. The molecule has 226 valence electrons. The minimum atomic E-state index is -4.82. The van der Waals surface area contributed by atoms with Crippen molar-refractivity contribution in [2.24, 2.45) is 5.73 Å². The molecule has 5 amide bonds. The van der Waals surface area contributed by atoms with Crippen LogP contribution in [0.15, 0.2) is 54.7 Å². The molecule has 0 saturated carbocycles. The van der Waals surface area contributed by atoms with Crippen molar-refractivity contribution in [1.82, 2.24) is 25.0 Å². The Kier molecular flexibility index (Phi) is 8.87. The van der Waals surface area contributed by atoms with Crippen molar-refractivity contribution in [2.45, 2.75) is 50.2 Å². The van der Waals surface area contributed by atoms with Gasteiger partial charge in [-0.3, -0.25) is 24.3 Å². The number of ether oxygens (including phenoxy) is 1. The van der Waals surface area contributed by atoms with Gasteiger partial charge in [0, 0.05) is 31.4 Å². The number of piperazine rings is 1. The number of pyridine rings is 1. The third-order valence-corrected chi connectivity index (χ3v) is 7.10. The predicted octanol–water partition coefficient (Wildman–Crippen LogP) is 1.47. The lowest BCUT2D eigenvalue weighted by molar-refractivity contribution is -0.157. The molecule has 1 aromatic heterocycles. The number of fused-ring (bicyclic) bond motifs is 1. The quantitative estimate of drug-likeness (QED) is 0.400. The number of carbonyl (C=O) groups is 4. The van der Waals surface area contributed by atoms with Crippen molar-refractivity contribution in [3.63, 3.8) is 0 Å². The molecular weight excluding hydrogens is 557 g/mol. The minimum Gasteiger partial charge on any atom is -0.374 e. The first-order chi connectivity index (χ1) is 19.7. The number of imide groups is 1. The molecule has 4 rings (SSSR count). The summed E-state index contributed by atoms with van der Waals surface area (Å²) in [6.07, 6.45) is -3.57. The maximum absolute atomic E-state index is 13.9. The van der Waals surface area contributed by atoms with Crippen molar-refractivity contribution in [3.05, 3.63) is 66.0 Å². The molecule has 2 saturated heterocycles. The number of rotatable bonds is 10. The lowest BCUT2D eigenvalue weighted by Crippen LogP contribution is -2.67. The second-order valence-electron chi connectivity index (χ2n) is 11.0. The zero-order valence-electron chi connectivity index (χ0n) is 23.3. The molecule has 1 unspecified atom stereocenters. The Balaban J connectivity index is 1.61. The van der Waals surface area contributed by atoms with E-state index in [1.54, 1.807) is 18.2 Å². The summed E-state index contributed by atoms with van der Waals surface area (Å²) in [6.45, 7) is 0.388. The number of nitrogens with two attached hydrogens (primary N) is 1. The van der Waals surface area contributed by atoms with Crippen LogP contribution in [0.5, 0.6) is 0 Å². The van der Waals surface area contributed by atoms with E-state index >= 15 is 0 Å². The van der Waals surface area contributed by atoms with Crippen molar-refractivity contribution in [3.8, 4) is 0 Å². The van der Waals surface area contributed by atoms with Crippen molar-refractivity contribution in [2.75, 3.05) is 32.8 Å². The Bertz CT molecular complexity index is 1300. The van der Waals surface area contributed by atoms with Gasteiger partial charge in [-0.05, 0) is 31.5 Å². The van der Waals surface area contributed by atoms with Gasteiger partial charge >= 0.3 is 12.2 Å². The summed E-state index contributed by atoms with van der Waals surface area (Å²) in [7, 11) is 0. The molecule has 0 radical (unpaired) electrons. The Hall–Kier alpha value is -4.04. The second kappa shape index (κ2) is 12.1. The van der Waals surface area contributed by atoms with Crippen molar-refractivity contribution in [1.29, 1.82) is 0 Å². The number of aromatic nitrogens is 1. The van der Waals surface area contributed by atoms with E-state index in [2.05, 4.69) is 10.3 Å². The van der Waals surface area contributed by atoms with Gasteiger partial charge in [-0.25, -0.2) is 4.79 Å². The molecule has 2 aliphatic heterocycles. The van der Waals surface area contributed by atoms with Crippen molar-refractivity contribution >= 4 is 23.8 Å². The van der Waals surface area contributed by atoms with Gasteiger partial charge < -0.3 is 25.6 Å². The molecule has 14 heteroatoms. The lowest BCUT2D eigenvalue weighted by Gasteiger charge is -2.45. The van der Waals surface area contributed by atoms with Crippen LogP contribution in [0.3, 0.4) is 0 Å². The van der Waals surface area contributed by atoms with Gasteiger partial charge in [0.25, 0.3) is 5.91 Å². The highest BCUT2D eigenvalue weighted by atomic mass is 19.4. The summed E-state index contributed by atoms with van der Waals surface area (Å²) >= 11 is 0. The zero-order valence-corrected chi connectivity index (χ0v) is 23.3. The van der Waals surface area contributed by atoms with Crippen LogP contribution in [0.4, 0.5) is 18.0 Å². The number of urea groups is 1. The highest BCUT2D eigenvalue weighted by Crippen LogP contribution is 2.36. The van der Waals surface area contributed by atoms with E-state index < -0.39 is 60.1 Å². The normalized spacial score (nSPS) is 20.0. The van der Waals surface area contributed by atoms with E-state index in [9.17, 15) is 32.3 Å². The van der Waals surface area contributed by atoms with E-state index in [-0.39, 0.29) is 37.6 Å². The van der Waals surface area contributed by atoms with E-state index in [1.165, 1.54) is 24.9 Å². The number of hydrogen-bond donors (Lipinski definition) is 2. The highest BCUT2D eigenvalue weighted by Gasteiger charge is 2.61. The third kappa shape index (κ3) is 6.87. The fourth-order valence-corrected chi connectivity index (χ4v) is 5.00. The molecule has 2 aromatic rings. The van der Waals surface area contributed by atoms with E-state index in [1.807, 2.05) is 30.3 Å². The lowest BCUT2D eigenvalue weighted by atomic mass is 9.88. The Labute approximate surface area is 240 Å². The zero-order chi connectivity index (χ0) is 30.7. The average molecular weight is 591 g/mol. The summed E-state index contributed by atoms with van der Waals surface area (Å²) in [5, 5.41) is 2.60. The average Bonchev–Trinajstić information content (AvgIpc) is 3.12. The van der Waals surface area contributed by atoms with Crippen LogP contribution in [0, 0.1) is 0 Å². The monoisotopic (exact) mass is 590 g/mol. The molecule has 42 heavy (non-hydrogen) atoms. The number of halogens is 3. The molecule has 1 aromatic carbocycles. The minimum absolute atomic E-state index is 0.0846. The van der Waals surface area contributed by atoms with Gasteiger partial charge in [-0.2, -0.15) is 13.2 Å². The number of alkyl halides is 3. The number of benzene rings is 1. The van der Waals surface area contributed by atoms with Crippen LogP contribution in [0.2, 0.25) is 0 Å². The van der Waals surface area contributed by atoms with Crippen LogP contribution in [0.25, 0.3) is 0 Å². The predicted molar refractivity (Wildman–Crippen MR) is 143 cm³/mol. The van der Waals surface area contributed by atoms with Gasteiger partial charge in [0.2, 0.25) is 11.8 Å². The summed E-state index contributed by atoms with van der Waals surface area (Å²) < 4.78 is 45.8. The summed E-state index contributed by atoms with van der Waals surface area (Å²) in [4.78, 5) is 60.0. The molecule has 0 spiro atoms. The maximum Gasteiger partial charge on any atom is 0.406 e. The van der Waals surface area contributed by atoms with E-state index in [0.717, 1.165) is 10.5 Å². The fourth-order valence-electron chi connectivity index (χ4n) is 5.00. The van der Waals surface area contributed by atoms with Crippen LogP contribution in [-0.4, -0.2) is 99.5 Å². The van der Waals surface area contributed by atoms with Gasteiger partial charge in [0.15, 0.2) is 0 Å². The molecule has 11 nitrogen and oxygen atoms in total. The van der Waals surface area contributed by atoms with Crippen molar-refractivity contribution < 1.29 is 37.1 Å². The molecule has 0 bridgehead atoms. The summed E-state index contributed by atoms with van der Waals surface area (Å²) in [5.41, 5.74) is 3.96. The van der Waals surface area contributed by atoms with Crippen LogP contribution in [-0.2, 0) is 32.1 Å². The Morgan fingerprint density at radius 1 is 1.10 bits per heavy atom. The van der Waals surface area contributed by atoms with Crippen LogP contribution >= 0.6 is 0 Å². The number of carbonyl (C=O) groups excluding carboxylic acids is 4. The Morgan fingerprint density at radius 3 is 2.40 bits per heavy atom. The third-order valence-electron chi connectivity index (χ3n) is 7.10. The van der Waals surface area contributed by atoms with Gasteiger partial charge in [0.05, 0.1) is 25.3 Å². The number of amides is 5. The first-order valence-electron chi connectivity index (χ1n) is 13.3. The molecular formula is C28H33F3N6O5. The standard InChI is InChI=1S/C28H33F3N6O5/c1-26(2,32)23(39)34-21(16-42-15-19-8-4-3-5-9-19)22(38)35-12-13-37-25(41)36(18-28(29,30)31)24(40)27(37,17-35)14-20-10-6-7-11-33-20/h3-11,21H,12-18,32H2,1-2H3,(H,34,39)/t21?,27-/m0/s1. The number of nitrogens with one attached hydrogen (secondary N) is 1. The fraction of sp³-hybridized carbons (Fsp3) is 0.464. The largest absolute Gasteiger partial charge is 0.406 e. The van der Waals surface area contributed by atoms with E-state index in [4.69, 9.17) is 10.5 Å². The summed E-state index contributed by atoms with van der Waals surface area (Å²) in [5.74, 6) is -2.33. The molecule has 2 fully saturated rings. The first kappa shape index (κ1) is 30.9. The number of hydrogen-bond acceptors (Lipinski definition) is 7. The highest BCUT2D eigenvalue weighted by molar-refractivity contribution is 6.08. The van der Waals surface area contributed by atoms with Crippen LogP contribution < -0.4 is 11.1 Å². The SMILES string of the molecule is CC(C)(N)C(=O)NC(COCc1ccccc1)C(=O)N1CCN2C(=O)N(CC(F)(F)F)C(=O)[C@]2(Cc2ccccn2)C1. The van der Waals surface area contributed by atoms with Gasteiger partial charge in [-0.15, -0.1) is 0 Å². The van der Waals surface area contributed by atoms with E-state index in [0.29, 0.717) is 5.69 Å². The number of nitrogens with zero attached hydrogens (tertiary/aromatic N) is 4. The Morgan fingerprint density at radius 2 is 1.79 bits per heavy atom. The van der Waals surface area contributed by atoms with Crippen LogP contribution in [0.1, 0.15) is 25.1 Å². The van der Waals surface area contributed by atoms with Gasteiger partial charge in [-0.1, -0.05) is 36.4 Å².